The van der Waals surface area contributed by atoms with Gasteiger partial charge in [-0.25, -0.2) is 18.2 Å². The van der Waals surface area contributed by atoms with Crippen molar-refractivity contribution >= 4 is 42.8 Å². The highest BCUT2D eigenvalue weighted by atomic mass is 32.2. The molecule has 0 aliphatic carbocycles. The summed E-state index contributed by atoms with van der Waals surface area (Å²) in [6.45, 7) is 0.245. The third-order valence-corrected chi connectivity index (χ3v) is 8.06. The van der Waals surface area contributed by atoms with Gasteiger partial charge in [0, 0.05) is 12.7 Å². The number of rotatable bonds is 7. The molecule has 5 aromatic rings. The molecule has 0 radical (unpaired) electrons. The molecule has 5 rings (SSSR count). The van der Waals surface area contributed by atoms with E-state index in [2.05, 4.69) is 9.71 Å². The lowest BCUT2D eigenvalue weighted by Gasteiger charge is -2.13. The minimum absolute atomic E-state index is 0.0291. The van der Waals surface area contributed by atoms with Crippen LogP contribution in [0.2, 0.25) is 0 Å². The highest BCUT2D eigenvalue weighted by molar-refractivity contribution is 7.93. The zero-order valence-corrected chi connectivity index (χ0v) is 20.3. The Morgan fingerprint density at radius 2 is 1.58 bits per heavy atom. The molecule has 8 nitrogen and oxygen atoms in total. The summed E-state index contributed by atoms with van der Waals surface area (Å²) in [7, 11) is -3.94. The molecule has 0 saturated heterocycles. The van der Waals surface area contributed by atoms with Gasteiger partial charge in [0.15, 0.2) is 5.13 Å². The summed E-state index contributed by atoms with van der Waals surface area (Å²) in [5.74, 6) is -1.38. The van der Waals surface area contributed by atoms with E-state index in [-0.39, 0.29) is 22.1 Å². The Morgan fingerprint density at radius 1 is 0.944 bits per heavy atom. The minimum atomic E-state index is -3.94. The van der Waals surface area contributed by atoms with Crippen LogP contribution in [0.25, 0.3) is 21.5 Å². The molecular weight excluding hydrogens is 498 g/mol. The second-order valence-electron chi connectivity index (χ2n) is 7.92. The summed E-state index contributed by atoms with van der Waals surface area (Å²) in [6, 6.07) is 25.2. The Morgan fingerprint density at radius 3 is 2.28 bits per heavy atom. The first-order chi connectivity index (χ1) is 17.3. The number of hydrogen-bond acceptors (Lipinski definition) is 6. The Hall–Kier alpha value is -4.28. The van der Waals surface area contributed by atoms with Gasteiger partial charge in [-0.05, 0) is 28.8 Å². The van der Waals surface area contributed by atoms with E-state index < -0.39 is 27.0 Å². The summed E-state index contributed by atoms with van der Waals surface area (Å²) in [6.07, 6.45) is 1.28. The van der Waals surface area contributed by atoms with Crippen LogP contribution in [-0.4, -0.2) is 29.0 Å². The quantitative estimate of drug-likeness (QED) is 0.324. The summed E-state index contributed by atoms with van der Waals surface area (Å²) < 4.78 is 29.6. The zero-order chi connectivity index (χ0) is 25.3. The van der Waals surface area contributed by atoms with Crippen LogP contribution in [0, 0.1) is 0 Å². The minimum Gasteiger partial charge on any atom is -0.477 e. The SMILES string of the molecule is O=C(O)c1cn(Cc2ccccc2-c2ccccc2)c2sc(NS(=O)(=O)c3ccccc3)nc2c1=O. The average Bonchev–Trinajstić information content (AvgIpc) is 3.31. The number of fused-ring (bicyclic) bond motifs is 1. The highest BCUT2D eigenvalue weighted by Gasteiger charge is 2.22. The fraction of sp³-hybridized carbons (Fsp3) is 0.0385. The first-order valence-electron chi connectivity index (χ1n) is 10.8. The fourth-order valence-corrected chi connectivity index (χ4v) is 6.08. The highest BCUT2D eigenvalue weighted by Crippen LogP contribution is 2.29. The van der Waals surface area contributed by atoms with Crippen LogP contribution in [0.5, 0.6) is 0 Å². The zero-order valence-electron chi connectivity index (χ0n) is 18.7. The smallest absolute Gasteiger partial charge is 0.341 e. The van der Waals surface area contributed by atoms with Gasteiger partial charge in [0.1, 0.15) is 15.9 Å². The number of carboxylic acid groups (broad SMARTS) is 1. The predicted octanol–water partition coefficient (Wildman–Crippen LogP) is 4.67. The number of pyridine rings is 1. The lowest BCUT2D eigenvalue weighted by Crippen LogP contribution is -2.19. The Labute approximate surface area is 210 Å². The van der Waals surface area contributed by atoms with E-state index in [9.17, 15) is 23.1 Å². The fourth-order valence-electron chi connectivity index (χ4n) is 3.88. The maximum absolute atomic E-state index is 12.9. The summed E-state index contributed by atoms with van der Waals surface area (Å²) in [4.78, 5) is 29.3. The number of aromatic carboxylic acids is 1. The summed E-state index contributed by atoms with van der Waals surface area (Å²) >= 11 is 0.970. The molecule has 0 spiro atoms. The molecule has 0 atom stereocenters. The number of aromatic nitrogens is 2. The van der Waals surface area contributed by atoms with Gasteiger partial charge >= 0.3 is 5.97 Å². The number of thiazole rings is 1. The van der Waals surface area contributed by atoms with Crippen LogP contribution in [0.15, 0.2) is 101 Å². The van der Waals surface area contributed by atoms with Crippen LogP contribution in [0.4, 0.5) is 5.13 Å². The van der Waals surface area contributed by atoms with Gasteiger partial charge in [-0.3, -0.25) is 9.52 Å². The lowest BCUT2D eigenvalue weighted by molar-refractivity contribution is 0.0694. The Balaban J connectivity index is 1.62. The topological polar surface area (TPSA) is 118 Å². The lowest BCUT2D eigenvalue weighted by atomic mass is 9.99. The van der Waals surface area contributed by atoms with Gasteiger partial charge in [-0.1, -0.05) is 84.1 Å². The molecule has 2 heterocycles. The molecule has 0 amide bonds. The first-order valence-corrected chi connectivity index (χ1v) is 13.1. The molecule has 36 heavy (non-hydrogen) atoms. The standard InChI is InChI=1S/C26H19N3O5S2/c30-23-21(25(31)32)16-29(15-18-11-7-8-14-20(18)17-9-3-1-4-10-17)24-22(23)27-26(35-24)28-36(33,34)19-12-5-2-6-13-19/h1-14,16H,15H2,(H,27,28)(H,31,32). The second kappa shape index (κ2) is 9.40. The largest absolute Gasteiger partial charge is 0.477 e. The molecule has 3 aromatic carbocycles. The molecule has 2 N–H and O–H groups in total. The molecule has 0 unspecified atom stereocenters. The van der Waals surface area contributed by atoms with Gasteiger partial charge in [0.2, 0.25) is 5.43 Å². The van der Waals surface area contributed by atoms with Crippen LogP contribution in [-0.2, 0) is 16.6 Å². The monoisotopic (exact) mass is 517 g/mol. The van der Waals surface area contributed by atoms with Crippen molar-refractivity contribution in [2.24, 2.45) is 0 Å². The molecule has 0 fully saturated rings. The average molecular weight is 518 g/mol. The number of benzene rings is 3. The molecule has 180 valence electrons. The Kier molecular flexibility index (Phi) is 6.13. The van der Waals surface area contributed by atoms with Crippen molar-refractivity contribution in [1.29, 1.82) is 0 Å². The van der Waals surface area contributed by atoms with Gasteiger partial charge in [0.25, 0.3) is 10.0 Å². The van der Waals surface area contributed by atoms with Gasteiger partial charge in [-0.2, -0.15) is 0 Å². The molecule has 0 bridgehead atoms. The normalized spacial score (nSPS) is 11.4. The summed E-state index contributed by atoms with van der Waals surface area (Å²) in [5, 5.41) is 9.61. The van der Waals surface area contributed by atoms with Gasteiger partial charge in [-0.15, -0.1) is 0 Å². The number of nitrogens with one attached hydrogen (secondary N) is 1. The van der Waals surface area contributed by atoms with Crippen LogP contribution in [0.1, 0.15) is 15.9 Å². The van der Waals surface area contributed by atoms with E-state index in [1.54, 1.807) is 22.8 Å². The molecular formula is C26H19N3O5S2. The molecule has 2 aromatic heterocycles. The number of nitrogens with zero attached hydrogens (tertiary/aromatic N) is 2. The van der Waals surface area contributed by atoms with Gasteiger partial charge < -0.3 is 9.67 Å². The number of hydrogen-bond donors (Lipinski definition) is 2. The van der Waals surface area contributed by atoms with Crippen molar-refractivity contribution in [1.82, 2.24) is 9.55 Å². The third-order valence-electron chi connectivity index (χ3n) is 5.56. The molecule has 10 heteroatoms. The van der Waals surface area contributed by atoms with Crippen LogP contribution < -0.4 is 10.2 Å². The third kappa shape index (κ3) is 4.51. The van der Waals surface area contributed by atoms with Crippen molar-refractivity contribution in [2.75, 3.05) is 4.72 Å². The van der Waals surface area contributed by atoms with E-state index >= 15 is 0 Å². The van der Waals surface area contributed by atoms with E-state index in [4.69, 9.17) is 0 Å². The van der Waals surface area contributed by atoms with Crippen molar-refractivity contribution in [3.8, 4) is 11.1 Å². The number of carbonyl (C=O) groups is 1. The predicted molar refractivity (Wildman–Crippen MR) is 139 cm³/mol. The number of carboxylic acids is 1. The van der Waals surface area contributed by atoms with Crippen molar-refractivity contribution < 1.29 is 18.3 Å². The van der Waals surface area contributed by atoms with E-state index in [1.165, 1.54) is 18.3 Å². The maximum atomic E-state index is 12.9. The van der Waals surface area contributed by atoms with Crippen molar-refractivity contribution in [3.63, 3.8) is 0 Å². The maximum Gasteiger partial charge on any atom is 0.341 e. The molecule has 0 aliphatic rings. The van der Waals surface area contributed by atoms with E-state index in [0.717, 1.165) is 28.0 Å². The Bertz CT molecular complexity index is 1750. The van der Waals surface area contributed by atoms with Crippen LogP contribution >= 0.6 is 11.3 Å². The van der Waals surface area contributed by atoms with Gasteiger partial charge in [0.05, 0.1) is 4.90 Å². The van der Waals surface area contributed by atoms with E-state index in [0.29, 0.717) is 4.83 Å². The number of sulfonamides is 1. The first kappa shape index (κ1) is 23.5. The molecule has 0 aliphatic heterocycles. The molecule has 0 saturated carbocycles. The van der Waals surface area contributed by atoms with E-state index in [1.807, 2.05) is 54.6 Å². The van der Waals surface area contributed by atoms with Crippen molar-refractivity contribution in [2.45, 2.75) is 11.4 Å². The second-order valence-corrected chi connectivity index (χ2v) is 10.6. The van der Waals surface area contributed by atoms with Crippen LogP contribution in [0.3, 0.4) is 0 Å². The summed E-state index contributed by atoms with van der Waals surface area (Å²) in [5.41, 5.74) is 1.52. The van der Waals surface area contributed by atoms with Crippen molar-refractivity contribution in [3.05, 3.63) is 112 Å². The number of anilines is 1.